The van der Waals surface area contributed by atoms with Gasteiger partial charge in [-0.25, -0.2) is 9.69 Å². The van der Waals surface area contributed by atoms with Gasteiger partial charge >= 0.3 is 6.03 Å². The normalized spacial score (nSPS) is 22.9. The van der Waals surface area contributed by atoms with Crippen LogP contribution in [0.5, 0.6) is 0 Å². The van der Waals surface area contributed by atoms with Crippen molar-refractivity contribution >= 4 is 11.9 Å². The number of nitrogens with zero attached hydrogens (tertiary/aromatic N) is 3. The lowest BCUT2D eigenvalue weighted by Crippen LogP contribution is -2.51. The molecule has 164 valence electrons. The smallest absolute Gasteiger partial charge is 0.319 e. The molecule has 1 N–H and O–H groups in total. The second-order valence-corrected chi connectivity index (χ2v) is 9.09. The Labute approximate surface area is 184 Å². The molecule has 0 saturated carbocycles. The molecule has 31 heavy (non-hydrogen) atoms. The predicted octanol–water partition coefficient (Wildman–Crippen LogP) is 3.35. The van der Waals surface area contributed by atoms with Crippen molar-refractivity contribution < 1.29 is 9.59 Å². The highest BCUT2D eigenvalue weighted by molar-refractivity contribution is 6.07. The molecular formula is C25H32N4O2. The van der Waals surface area contributed by atoms with E-state index in [-0.39, 0.29) is 11.9 Å². The largest absolute Gasteiger partial charge is 0.326 e. The third-order valence-corrected chi connectivity index (χ3v) is 6.49. The molecular weight excluding hydrogens is 388 g/mol. The minimum Gasteiger partial charge on any atom is -0.319 e. The molecule has 0 unspecified atom stereocenters. The van der Waals surface area contributed by atoms with Gasteiger partial charge in [-0.1, -0.05) is 68.4 Å². The van der Waals surface area contributed by atoms with Crippen molar-refractivity contribution in [1.82, 2.24) is 20.0 Å². The summed E-state index contributed by atoms with van der Waals surface area (Å²) in [5.74, 6) is 0.364. The van der Waals surface area contributed by atoms with Gasteiger partial charge in [0, 0.05) is 32.7 Å². The SMILES string of the molecule is CC(C)c1ccc(CN2CCN(CN3C(=O)N[C@](C)(c4ccccc4)C3=O)CC2)cc1. The Balaban J connectivity index is 1.31. The molecule has 2 aromatic rings. The van der Waals surface area contributed by atoms with Crippen molar-refractivity contribution in [3.63, 3.8) is 0 Å². The van der Waals surface area contributed by atoms with Crippen molar-refractivity contribution in [3.8, 4) is 0 Å². The summed E-state index contributed by atoms with van der Waals surface area (Å²) in [4.78, 5) is 31.7. The number of rotatable bonds is 6. The molecule has 2 aromatic carbocycles. The number of piperazine rings is 1. The van der Waals surface area contributed by atoms with Crippen LogP contribution in [0.2, 0.25) is 0 Å². The Hall–Kier alpha value is -2.70. The maximum Gasteiger partial charge on any atom is 0.326 e. The minimum absolute atomic E-state index is 0.184. The number of carbonyl (C=O) groups is 2. The van der Waals surface area contributed by atoms with Gasteiger partial charge in [-0.05, 0) is 29.5 Å². The van der Waals surface area contributed by atoms with Crippen LogP contribution in [0.25, 0.3) is 0 Å². The van der Waals surface area contributed by atoms with E-state index in [1.807, 2.05) is 30.3 Å². The minimum atomic E-state index is -0.998. The van der Waals surface area contributed by atoms with Crippen molar-refractivity contribution in [2.45, 2.75) is 38.8 Å². The number of benzene rings is 2. The number of amides is 3. The second kappa shape index (κ2) is 8.81. The molecule has 2 fully saturated rings. The van der Waals surface area contributed by atoms with Crippen molar-refractivity contribution in [2.75, 3.05) is 32.8 Å². The van der Waals surface area contributed by atoms with Crippen LogP contribution in [0.15, 0.2) is 54.6 Å². The molecule has 2 aliphatic rings. The van der Waals surface area contributed by atoms with Crippen LogP contribution in [0.3, 0.4) is 0 Å². The number of hydrogen-bond donors (Lipinski definition) is 1. The topological polar surface area (TPSA) is 55.9 Å². The van der Waals surface area contributed by atoms with Gasteiger partial charge < -0.3 is 5.32 Å². The maximum atomic E-state index is 13.1. The first-order valence-electron chi connectivity index (χ1n) is 11.1. The van der Waals surface area contributed by atoms with E-state index < -0.39 is 5.54 Å². The van der Waals surface area contributed by atoms with Gasteiger partial charge in [0.25, 0.3) is 5.91 Å². The van der Waals surface area contributed by atoms with E-state index in [1.165, 1.54) is 16.0 Å². The molecule has 4 rings (SSSR count). The van der Waals surface area contributed by atoms with E-state index >= 15 is 0 Å². The molecule has 3 amide bonds. The average molecular weight is 421 g/mol. The molecule has 0 aromatic heterocycles. The summed E-state index contributed by atoms with van der Waals surface area (Å²) >= 11 is 0. The van der Waals surface area contributed by atoms with Crippen LogP contribution in [0.1, 0.15) is 43.4 Å². The number of imide groups is 1. The lowest BCUT2D eigenvalue weighted by molar-refractivity contribution is -0.132. The zero-order valence-electron chi connectivity index (χ0n) is 18.7. The Morgan fingerprint density at radius 1 is 0.903 bits per heavy atom. The van der Waals surface area contributed by atoms with Crippen LogP contribution in [0.4, 0.5) is 4.79 Å². The first-order chi connectivity index (χ1) is 14.9. The standard InChI is InChI=1S/C25H32N4O2/c1-19(2)21-11-9-20(10-12-21)17-27-13-15-28(16-14-27)18-29-23(30)25(3,26-24(29)31)22-7-5-4-6-8-22/h4-12,19H,13-18H2,1-3H3,(H,26,31)/t25-/m1/s1. The molecule has 2 aliphatic heterocycles. The van der Waals surface area contributed by atoms with E-state index in [1.54, 1.807) is 6.92 Å². The first kappa shape index (κ1) is 21.5. The number of carbonyl (C=O) groups excluding carboxylic acids is 2. The van der Waals surface area contributed by atoms with E-state index in [2.05, 4.69) is 53.2 Å². The van der Waals surface area contributed by atoms with Gasteiger partial charge in [0.05, 0.1) is 6.67 Å². The van der Waals surface area contributed by atoms with Gasteiger partial charge in [0.1, 0.15) is 5.54 Å². The summed E-state index contributed by atoms with van der Waals surface area (Å²) in [6.45, 7) is 11.0. The molecule has 0 bridgehead atoms. The van der Waals surface area contributed by atoms with Crippen molar-refractivity contribution in [1.29, 1.82) is 0 Å². The highest BCUT2D eigenvalue weighted by Crippen LogP contribution is 2.28. The average Bonchev–Trinajstić information content (AvgIpc) is 3.00. The van der Waals surface area contributed by atoms with E-state index in [0.29, 0.717) is 12.6 Å². The van der Waals surface area contributed by atoms with Gasteiger partial charge in [0.2, 0.25) is 0 Å². The molecule has 2 saturated heterocycles. The zero-order valence-corrected chi connectivity index (χ0v) is 18.7. The van der Waals surface area contributed by atoms with Gasteiger partial charge in [-0.15, -0.1) is 0 Å². The molecule has 0 spiro atoms. The third kappa shape index (κ3) is 4.50. The summed E-state index contributed by atoms with van der Waals surface area (Å²) in [5, 5.41) is 2.89. The number of hydrogen-bond acceptors (Lipinski definition) is 4. The van der Waals surface area contributed by atoms with Crippen LogP contribution in [0, 0.1) is 0 Å². The summed E-state index contributed by atoms with van der Waals surface area (Å²) in [6.07, 6.45) is 0. The fourth-order valence-electron chi connectivity index (χ4n) is 4.35. The monoisotopic (exact) mass is 420 g/mol. The van der Waals surface area contributed by atoms with Crippen LogP contribution < -0.4 is 5.32 Å². The first-order valence-corrected chi connectivity index (χ1v) is 11.1. The number of urea groups is 1. The highest BCUT2D eigenvalue weighted by Gasteiger charge is 2.49. The van der Waals surface area contributed by atoms with Crippen molar-refractivity contribution in [3.05, 3.63) is 71.3 Å². The second-order valence-electron chi connectivity index (χ2n) is 9.09. The molecule has 6 nitrogen and oxygen atoms in total. The molecule has 1 atom stereocenters. The van der Waals surface area contributed by atoms with Crippen LogP contribution in [-0.2, 0) is 16.9 Å². The third-order valence-electron chi connectivity index (χ3n) is 6.49. The van der Waals surface area contributed by atoms with E-state index in [4.69, 9.17) is 0 Å². The van der Waals surface area contributed by atoms with Crippen LogP contribution >= 0.6 is 0 Å². The summed E-state index contributed by atoms with van der Waals surface area (Å²) in [7, 11) is 0. The van der Waals surface area contributed by atoms with Crippen molar-refractivity contribution in [2.24, 2.45) is 0 Å². The quantitative estimate of drug-likeness (QED) is 0.728. The number of nitrogens with one attached hydrogen (secondary N) is 1. The maximum absolute atomic E-state index is 13.1. The Morgan fingerprint density at radius 2 is 1.52 bits per heavy atom. The van der Waals surface area contributed by atoms with E-state index in [9.17, 15) is 9.59 Å². The Kier molecular flexibility index (Phi) is 6.12. The molecule has 6 heteroatoms. The Morgan fingerprint density at radius 3 is 2.13 bits per heavy atom. The Bertz CT molecular complexity index is 920. The fraction of sp³-hybridized carbons (Fsp3) is 0.440. The van der Waals surface area contributed by atoms with Gasteiger partial charge in [-0.2, -0.15) is 0 Å². The zero-order chi connectivity index (χ0) is 22.0. The van der Waals surface area contributed by atoms with Gasteiger partial charge in [0.15, 0.2) is 0 Å². The van der Waals surface area contributed by atoms with Gasteiger partial charge in [-0.3, -0.25) is 14.6 Å². The summed E-state index contributed by atoms with van der Waals surface area (Å²) < 4.78 is 0. The highest BCUT2D eigenvalue weighted by atomic mass is 16.2. The molecule has 2 heterocycles. The molecule has 0 aliphatic carbocycles. The lowest BCUT2D eigenvalue weighted by atomic mass is 9.92. The fourth-order valence-corrected chi connectivity index (χ4v) is 4.35. The molecule has 0 radical (unpaired) electrons. The van der Waals surface area contributed by atoms with E-state index in [0.717, 1.165) is 38.3 Å². The lowest BCUT2D eigenvalue weighted by Gasteiger charge is -2.36. The predicted molar refractivity (Wildman–Crippen MR) is 121 cm³/mol. The van der Waals surface area contributed by atoms with Crippen LogP contribution in [-0.4, -0.2) is 59.5 Å². The summed E-state index contributed by atoms with van der Waals surface area (Å²) in [5.41, 5.74) is 2.50. The summed E-state index contributed by atoms with van der Waals surface area (Å²) in [6, 6.07) is 18.0.